The van der Waals surface area contributed by atoms with Crippen molar-refractivity contribution >= 4 is 35.0 Å². The molecule has 7 rings (SSSR count). The quantitative estimate of drug-likeness (QED) is 0.126. The minimum absolute atomic E-state index is 0.0611. The van der Waals surface area contributed by atoms with Gasteiger partial charge in [0.05, 0.1) is 47.0 Å². The number of aromatic nitrogens is 5. The zero-order chi connectivity index (χ0) is 37.8. The lowest BCUT2D eigenvalue weighted by Crippen LogP contribution is -2.38. The second kappa shape index (κ2) is 16.1. The summed E-state index contributed by atoms with van der Waals surface area (Å²) in [5.74, 6) is 2.19. The van der Waals surface area contributed by atoms with Crippen LogP contribution in [0.2, 0.25) is 0 Å². The third kappa shape index (κ3) is 7.63. The number of aromatic amines is 2. The molecule has 0 saturated heterocycles. The molecule has 11 heteroatoms. The van der Waals surface area contributed by atoms with Gasteiger partial charge in [-0.05, 0) is 55.0 Å². The number of imidazole rings is 2. The van der Waals surface area contributed by atoms with Gasteiger partial charge in [0.1, 0.15) is 22.9 Å². The summed E-state index contributed by atoms with van der Waals surface area (Å²) in [5.41, 5.74) is 3.89. The third-order valence-electron chi connectivity index (χ3n) is 10.1. The summed E-state index contributed by atoms with van der Waals surface area (Å²) in [4.78, 5) is 51.8. The van der Waals surface area contributed by atoms with E-state index in [4.69, 9.17) is 19.4 Å². The van der Waals surface area contributed by atoms with Crippen molar-refractivity contribution in [1.29, 1.82) is 0 Å². The maximum absolute atomic E-state index is 13.5. The first-order chi connectivity index (χ1) is 26.2. The molecule has 0 bridgehead atoms. The van der Waals surface area contributed by atoms with Gasteiger partial charge in [0, 0.05) is 19.0 Å². The predicted molar refractivity (Wildman–Crippen MR) is 208 cm³/mol. The minimum atomic E-state index is -1.25. The number of nitrogens with zero attached hydrogens (tertiary/aromatic N) is 5. The van der Waals surface area contributed by atoms with E-state index < -0.39 is 6.10 Å². The highest BCUT2D eigenvalue weighted by Crippen LogP contribution is 2.34. The molecule has 3 N–H and O–H groups in total. The normalized spacial score (nSPS) is 16.2. The molecule has 1 aliphatic carbocycles. The van der Waals surface area contributed by atoms with E-state index in [0.717, 1.165) is 45.7 Å². The topological polar surface area (TPSA) is 144 Å². The minimum Gasteiger partial charge on any atom is -0.440 e. The average Bonchev–Trinajstić information content (AvgIpc) is 3.95. The number of amides is 2. The molecule has 4 atom stereocenters. The highest BCUT2D eigenvalue weighted by Gasteiger charge is 2.30. The van der Waals surface area contributed by atoms with Gasteiger partial charge in [-0.25, -0.2) is 15.0 Å². The highest BCUT2D eigenvalue weighted by atomic mass is 16.4. The number of nitrogens with one attached hydrogen (secondary N) is 2. The molecule has 11 nitrogen and oxygen atoms in total. The molecule has 0 radical (unpaired) electrons. The summed E-state index contributed by atoms with van der Waals surface area (Å²) in [5, 5.41) is 12.6. The van der Waals surface area contributed by atoms with Crippen LogP contribution < -0.4 is 10.7 Å². The Morgan fingerprint density at radius 1 is 0.907 bits per heavy atom. The number of carbonyl (C=O) groups is 2. The van der Waals surface area contributed by atoms with Crippen LogP contribution in [0.3, 0.4) is 0 Å². The lowest BCUT2D eigenvalue weighted by atomic mass is 9.89. The molecule has 3 aromatic carbocycles. The lowest BCUT2D eigenvalue weighted by molar-refractivity contribution is -0.143. The van der Waals surface area contributed by atoms with Crippen LogP contribution in [0, 0.1) is 5.92 Å². The molecule has 0 spiro atoms. The Hall–Kier alpha value is -5.81. The van der Waals surface area contributed by atoms with Crippen molar-refractivity contribution in [1.82, 2.24) is 34.7 Å². The van der Waals surface area contributed by atoms with Gasteiger partial charge in [-0.15, -0.1) is 0 Å². The summed E-state index contributed by atoms with van der Waals surface area (Å²) in [6.45, 7) is 9.63. The number of hydrogen-bond donors (Lipinski definition) is 3. The van der Waals surface area contributed by atoms with E-state index in [2.05, 4.69) is 36.0 Å². The maximum Gasteiger partial charge on any atom is 0.256 e. The number of fused-ring (bicyclic) bond motifs is 2. The zero-order valence-corrected chi connectivity index (χ0v) is 31.2. The van der Waals surface area contributed by atoms with Crippen LogP contribution >= 0.6 is 0 Å². The van der Waals surface area contributed by atoms with E-state index in [0.29, 0.717) is 54.9 Å². The fraction of sp³-hybridized carbons (Fsp3) is 0.326. The van der Waals surface area contributed by atoms with Crippen molar-refractivity contribution in [2.24, 2.45) is 5.92 Å². The van der Waals surface area contributed by atoms with E-state index in [1.165, 1.54) is 0 Å². The molecule has 2 amide bonds. The molecule has 54 heavy (non-hydrogen) atoms. The lowest BCUT2D eigenvalue weighted by Gasteiger charge is -2.29. The molecule has 0 saturated carbocycles. The van der Waals surface area contributed by atoms with Gasteiger partial charge in [0.25, 0.3) is 5.91 Å². The van der Waals surface area contributed by atoms with E-state index in [1.807, 2.05) is 85.5 Å². The van der Waals surface area contributed by atoms with Gasteiger partial charge in [0.15, 0.2) is 6.10 Å². The van der Waals surface area contributed by atoms with Gasteiger partial charge in [-0.1, -0.05) is 93.6 Å². The zero-order valence-electron chi connectivity index (χ0n) is 31.2. The largest absolute Gasteiger partial charge is 0.440 e. The molecular formula is C43H47N7O4. The molecule has 3 heterocycles. The van der Waals surface area contributed by atoms with Crippen LogP contribution in [-0.4, -0.2) is 64.7 Å². The molecular weight excluding hydrogens is 679 g/mol. The van der Waals surface area contributed by atoms with E-state index in [-0.39, 0.29) is 29.7 Å². The maximum atomic E-state index is 13.5. The van der Waals surface area contributed by atoms with Gasteiger partial charge >= 0.3 is 0 Å². The van der Waals surface area contributed by atoms with Crippen LogP contribution in [0.1, 0.15) is 87.1 Å². The Labute approximate surface area is 314 Å². The summed E-state index contributed by atoms with van der Waals surface area (Å²) in [7, 11) is 0. The van der Waals surface area contributed by atoms with Crippen molar-refractivity contribution in [2.75, 3.05) is 13.1 Å². The fourth-order valence-electron chi connectivity index (χ4n) is 7.24. The summed E-state index contributed by atoms with van der Waals surface area (Å²) < 4.78 is 6.46. The number of oxazole rings is 1. The van der Waals surface area contributed by atoms with Gasteiger partial charge in [0.2, 0.25) is 11.8 Å². The van der Waals surface area contributed by atoms with Crippen LogP contribution in [0.5, 0.6) is 0 Å². The van der Waals surface area contributed by atoms with Crippen molar-refractivity contribution in [3.63, 3.8) is 0 Å². The number of rotatable bonds is 14. The molecule has 6 aromatic rings. The molecule has 0 aliphatic heterocycles. The average molecular weight is 726 g/mol. The van der Waals surface area contributed by atoms with Crippen molar-refractivity contribution in [3.05, 3.63) is 124 Å². The monoisotopic (exact) mass is 725 g/mol. The Bertz CT molecular complexity index is 2350. The summed E-state index contributed by atoms with van der Waals surface area (Å²) in [6.07, 6.45) is 6.66. The number of H-pyrrole nitrogens is 2. The predicted octanol–water partition coefficient (Wildman–Crippen LogP) is 5.95. The van der Waals surface area contributed by atoms with E-state index in [1.54, 1.807) is 23.2 Å². The molecule has 278 valence electrons. The van der Waals surface area contributed by atoms with Crippen LogP contribution in [-0.2, 0) is 22.6 Å². The van der Waals surface area contributed by atoms with Crippen LogP contribution in [0.25, 0.3) is 34.6 Å². The number of benzene rings is 3. The Morgan fingerprint density at radius 2 is 1.65 bits per heavy atom. The molecule has 1 aliphatic rings. The number of para-hydroxylation sites is 1. The Balaban J connectivity index is 1.11. The highest BCUT2D eigenvalue weighted by molar-refractivity contribution is 5.89. The van der Waals surface area contributed by atoms with Crippen molar-refractivity contribution in [3.8, 4) is 11.5 Å². The standard InChI is InChI=1S/C43H47N7O4/c1-5-20-49(38(51)23-29-14-9-7-10-15-29)26-37-45-33-19-13-18-31(39(33)48-37)42-44-25-36(54-42)32-24-35-34(22-27(32)3)46-41(47-35)28(4)50(21-6-2)43(53)40(52)30-16-11-8-12-17-30/h7-19,22,24-25,27-28,32,40,52H,5-6,20-21,23,26H2,1-4H3,(H,45,48)(H,46,47). The van der Waals surface area contributed by atoms with Crippen LogP contribution in [0.4, 0.5) is 0 Å². The Morgan fingerprint density at radius 3 is 2.39 bits per heavy atom. The second-order valence-electron chi connectivity index (χ2n) is 14.1. The first kappa shape index (κ1) is 36.5. The number of aliphatic hydroxyl groups excluding tert-OH is 1. The third-order valence-corrected chi connectivity index (χ3v) is 10.1. The first-order valence-corrected chi connectivity index (χ1v) is 18.8. The van der Waals surface area contributed by atoms with E-state index in [9.17, 15) is 14.7 Å². The molecule has 3 aromatic heterocycles. The smallest absolute Gasteiger partial charge is 0.256 e. The molecule has 4 unspecified atom stereocenters. The number of carbonyl (C=O) groups excluding carboxylic acids is 2. The summed E-state index contributed by atoms with van der Waals surface area (Å²) in [6, 6.07) is 24.3. The summed E-state index contributed by atoms with van der Waals surface area (Å²) >= 11 is 0. The van der Waals surface area contributed by atoms with Crippen molar-refractivity contribution < 1.29 is 19.1 Å². The van der Waals surface area contributed by atoms with Gasteiger partial charge in [-0.3, -0.25) is 9.59 Å². The SMILES string of the molecule is CCCN(Cc1nc2c(-c3ncc(C4C=c5nc(C(C)N(CCC)C(=O)C(O)c6ccccc6)[nH]c5=CC4C)o3)cccc2[nH]1)C(=O)Cc1ccccc1. The Kier molecular flexibility index (Phi) is 10.9. The van der Waals surface area contributed by atoms with Gasteiger partial charge < -0.3 is 29.3 Å². The van der Waals surface area contributed by atoms with Crippen LogP contribution in [0.15, 0.2) is 89.5 Å². The van der Waals surface area contributed by atoms with E-state index >= 15 is 0 Å². The molecule has 0 fully saturated rings. The first-order valence-electron chi connectivity index (χ1n) is 18.8. The number of hydrogen-bond acceptors (Lipinski definition) is 7. The number of aliphatic hydroxyl groups is 1. The second-order valence-corrected chi connectivity index (χ2v) is 14.1. The van der Waals surface area contributed by atoms with Crippen molar-refractivity contribution in [2.45, 2.75) is 71.6 Å². The van der Waals surface area contributed by atoms with Gasteiger partial charge in [-0.2, -0.15) is 0 Å². The fourth-order valence-corrected chi connectivity index (χ4v) is 7.24.